The summed E-state index contributed by atoms with van der Waals surface area (Å²) in [4.78, 5) is 30.1. The molecule has 0 bridgehead atoms. The summed E-state index contributed by atoms with van der Waals surface area (Å²) in [6.07, 6.45) is 4.27. The van der Waals surface area contributed by atoms with Gasteiger partial charge in [0.2, 0.25) is 11.8 Å². The Morgan fingerprint density at radius 3 is 2.76 bits per heavy atom. The van der Waals surface area contributed by atoms with E-state index in [1.807, 2.05) is 12.1 Å². The predicted molar refractivity (Wildman–Crippen MR) is 90.9 cm³/mol. The molecule has 2 amide bonds. The average molecular weight is 341 g/mol. The summed E-state index contributed by atoms with van der Waals surface area (Å²) in [7, 11) is 0. The van der Waals surface area contributed by atoms with E-state index in [4.69, 9.17) is 0 Å². The van der Waals surface area contributed by atoms with Crippen LogP contribution in [-0.2, 0) is 22.6 Å². The molecule has 0 saturated carbocycles. The van der Waals surface area contributed by atoms with E-state index in [0.29, 0.717) is 26.1 Å². The first-order chi connectivity index (χ1) is 12.1. The minimum Gasteiger partial charge on any atom is -0.352 e. The van der Waals surface area contributed by atoms with Gasteiger partial charge in [-0.1, -0.05) is 18.2 Å². The number of benzene rings is 1. The molecule has 1 aromatic carbocycles. The van der Waals surface area contributed by atoms with Gasteiger partial charge in [0.05, 0.1) is 5.92 Å². The molecule has 0 aliphatic carbocycles. The highest BCUT2D eigenvalue weighted by molar-refractivity contribution is 5.89. The highest BCUT2D eigenvalue weighted by Crippen LogP contribution is 2.19. The molecular weight excluding hydrogens is 321 g/mol. The molecule has 2 aromatic rings. The van der Waals surface area contributed by atoms with Crippen LogP contribution in [0, 0.1) is 11.7 Å². The van der Waals surface area contributed by atoms with E-state index in [0.717, 1.165) is 11.1 Å². The molecule has 25 heavy (non-hydrogen) atoms. The first-order valence-electron chi connectivity index (χ1n) is 8.30. The van der Waals surface area contributed by atoms with Crippen molar-refractivity contribution in [2.24, 2.45) is 5.92 Å². The number of nitrogens with one attached hydrogen (secondary N) is 1. The lowest BCUT2D eigenvalue weighted by Crippen LogP contribution is -2.33. The smallest absolute Gasteiger partial charge is 0.225 e. The summed E-state index contributed by atoms with van der Waals surface area (Å²) in [6.45, 7) is 1.38. The second-order valence-corrected chi connectivity index (χ2v) is 6.20. The molecule has 1 atom stereocenters. The number of likely N-dealkylation sites (tertiary alicyclic amines) is 1. The molecule has 5 nitrogen and oxygen atoms in total. The Balaban J connectivity index is 1.48. The number of carbonyl (C=O) groups is 2. The maximum Gasteiger partial charge on any atom is 0.225 e. The van der Waals surface area contributed by atoms with Gasteiger partial charge in [-0.3, -0.25) is 14.6 Å². The molecule has 3 rings (SSSR count). The van der Waals surface area contributed by atoms with E-state index in [1.165, 1.54) is 12.1 Å². The minimum atomic E-state index is -0.322. The lowest BCUT2D eigenvalue weighted by Gasteiger charge is -2.16. The normalized spacial score (nSPS) is 16.9. The van der Waals surface area contributed by atoms with Crippen molar-refractivity contribution in [2.75, 3.05) is 13.1 Å². The Morgan fingerprint density at radius 1 is 1.24 bits per heavy atom. The Bertz CT molecular complexity index is 734. The van der Waals surface area contributed by atoms with Gasteiger partial charge in [-0.05, 0) is 35.7 Å². The van der Waals surface area contributed by atoms with Crippen LogP contribution in [0.25, 0.3) is 0 Å². The SMILES string of the molecule is O=C(NCc1cccnc1)[C@@H]1CC(=O)N(CCc2ccc(F)cc2)C1. The Kier molecular flexibility index (Phi) is 5.38. The fourth-order valence-corrected chi connectivity index (χ4v) is 2.92. The van der Waals surface area contributed by atoms with E-state index in [-0.39, 0.29) is 30.0 Å². The van der Waals surface area contributed by atoms with Gasteiger partial charge in [-0.25, -0.2) is 4.39 Å². The van der Waals surface area contributed by atoms with E-state index in [2.05, 4.69) is 10.3 Å². The van der Waals surface area contributed by atoms with Crippen molar-refractivity contribution in [2.45, 2.75) is 19.4 Å². The largest absolute Gasteiger partial charge is 0.352 e. The summed E-state index contributed by atoms with van der Waals surface area (Å²) in [5.41, 5.74) is 1.90. The van der Waals surface area contributed by atoms with Crippen LogP contribution in [0.4, 0.5) is 4.39 Å². The summed E-state index contributed by atoms with van der Waals surface area (Å²) in [5, 5.41) is 2.86. The van der Waals surface area contributed by atoms with Gasteiger partial charge in [0.1, 0.15) is 5.82 Å². The molecular formula is C19H20FN3O2. The second-order valence-electron chi connectivity index (χ2n) is 6.20. The third kappa shape index (κ3) is 4.62. The summed E-state index contributed by atoms with van der Waals surface area (Å²) < 4.78 is 12.9. The molecule has 2 heterocycles. The fraction of sp³-hybridized carbons (Fsp3) is 0.316. The van der Waals surface area contributed by atoms with Gasteiger partial charge >= 0.3 is 0 Å². The van der Waals surface area contributed by atoms with Crippen molar-refractivity contribution < 1.29 is 14.0 Å². The Hall–Kier alpha value is -2.76. The maximum absolute atomic E-state index is 12.9. The van der Waals surface area contributed by atoms with Crippen LogP contribution in [-0.4, -0.2) is 34.8 Å². The summed E-state index contributed by atoms with van der Waals surface area (Å²) >= 11 is 0. The van der Waals surface area contributed by atoms with E-state index in [1.54, 1.807) is 29.4 Å². The lowest BCUT2D eigenvalue weighted by atomic mass is 10.1. The number of hydrogen-bond acceptors (Lipinski definition) is 3. The first-order valence-corrected chi connectivity index (χ1v) is 8.30. The second kappa shape index (κ2) is 7.88. The van der Waals surface area contributed by atoms with Gasteiger partial charge in [0.25, 0.3) is 0 Å². The zero-order valence-corrected chi connectivity index (χ0v) is 13.8. The number of amides is 2. The van der Waals surface area contributed by atoms with Crippen LogP contribution >= 0.6 is 0 Å². The van der Waals surface area contributed by atoms with E-state index in [9.17, 15) is 14.0 Å². The van der Waals surface area contributed by atoms with Crippen molar-refractivity contribution in [3.8, 4) is 0 Å². The van der Waals surface area contributed by atoms with Gasteiger partial charge < -0.3 is 10.2 Å². The minimum absolute atomic E-state index is 0.0105. The highest BCUT2D eigenvalue weighted by atomic mass is 19.1. The molecule has 1 aromatic heterocycles. The van der Waals surface area contributed by atoms with Crippen LogP contribution in [0.1, 0.15) is 17.5 Å². The Labute approximate surface area is 145 Å². The van der Waals surface area contributed by atoms with E-state index >= 15 is 0 Å². The zero-order chi connectivity index (χ0) is 17.6. The maximum atomic E-state index is 12.9. The number of aromatic nitrogens is 1. The highest BCUT2D eigenvalue weighted by Gasteiger charge is 2.33. The molecule has 0 radical (unpaired) electrons. The number of rotatable bonds is 6. The number of carbonyl (C=O) groups excluding carboxylic acids is 2. The van der Waals surface area contributed by atoms with Crippen LogP contribution in [0.3, 0.4) is 0 Å². The summed E-state index contributed by atoms with van der Waals surface area (Å²) in [6, 6.07) is 9.97. The van der Waals surface area contributed by atoms with Crippen LogP contribution in [0.5, 0.6) is 0 Å². The molecule has 1 aliphatic rings. The standard InChI is InChI=1S/C19H20FN3O2/c20-17-5-3-14(4-6-17)7-9-23-13-16(10-18(23)24)19(25)22-12-15-2-1-8-21-11-15/h1-6,8,11,16H,7,9-10,12-13H2,(H,22,25)/t16-/m1/s1. The molecule has 1 aliphatic heterocycles. The van der Waals surface area contributed by atoms with Crippen molar-refractivity contribution in [3.05, 3.63) is 65.7 Å². The third-order valence-electron chi connectivity index (χ3n) is 4.36. The van der Waals surface area contributed by atoms with Gasteiger partial charge in [-0.15, -0.1) is 0 Å². The van der Waals surface area contributed by atoms with Gasteiger partial charge in [0.15, 0.2) is 0 Å². The van der Waals surface area contributed by atoms with Crippen molar-refractivity contribution >= 4 is 11.8 Å². The quantitative estimate of drug-likeness (QED) is 0.873. The average Bonchev–Trinajstić information content (AvgIpc) is 3.01. The molecule has 0 unspecified atom stereocenters. The predicted octanol–water partition coefficient (Wildman–Crippen LogP) is 1.93. The number of pyridine rings is 1. The lowest BCUT2D eigenvalue weighted by molar-refractivity contribution is -0.129. The number of halogens is 1. The number of hydrogen-bond donors (Lipinski definition) is 1. The Morgan fingerprint density at radius 2 is 2.04 bits per heavy atom. The first kappa shape index (κ1) is 17.1. The fourth-order valence-electron chi connectivity index (χ4n) is 2.92. The van der Waals surface area contributed by atoms with Crippen molar-refractivity contribution in [1.82, 2.24) is 15.2 Å². The molecule has 1 N–H and O–H groups in total. The van der Waals surface area contributed by atoms with Gasteiger partial charge in [0, 0.05) is 38.4 Å². The van der Waals surface area contributed by atoms with Crippen molar-refractivity contribution in [3.63, 3.8) is 0 Å². The monoisotopic (exact) mass is 341 g/mol. The number of nitrogens with zero attached hydrogens (tertiary/aromatic N) is 2. The summed E-state index contributed by atoms with van der Waals surface area (Å²) in [5.74, 6) is -0.714. The zero-order valence-electron chi connectivity index (χ0n) is 13.8. The molecule has 1 saturated heterocycles. The van der Waals surface area contributed by atoms with Crippen molar-refractivity contribution in [1.29, 1.82) is 0 Å². The molecule has 6 heteroatoms. The third-order valence-corrected chi connectivity index (χ3v) is 4.36. The van der Waals surface area contributed by atoms with Crippen LogP contribution in [0.2, 0.25) is 0 Å². The molecule has 0 spiro atoms. The molecule has 1 fully saturated rings. The van der Waals surface area contributed by atoms with E-state index < -0.39 is 0 Å². The van der Waals surface area contributed by atoms with Crippen LogP contribution < -0.4 is 5.32 Å². The molecule has 130 valence electrons. The topological polar surface area (TPSA) is 62.3 Å². The van der Waals surface area contributed by atoms with Crippen LogP contribution in [0.15, 0.2) is 48.8 Å². The van der Waals surface area contributed by atoms with Gasteiger partial charge in [-0.2, -0.15) is 0 Å².